The Morgan fingerprint density at radius 2 is 2.00 bits per heavy atom. The number of esters is 1. The van der Waals surface area contributed by atoms with E-state index in [0.29, 0.717) is 23.1 Å². The number of carbonyl (C=O) groups excluding carboxylic acids is 1. The molecule has 0 aliphatic rings. The summed E-state index contributed by atoms with van der Waals surface area (Å²) in [5, 5.41) is 7.65. The molecule has 0 saturated heterocycles. The SMILES string of the molecule is CCOC(=O)c1[nH]c2ccccc2c1NC(=S)NC(C)(C)C. The van der Waals surface area contributed by atoms with Gasteiger partial charge in [-0.25, -0.2) is 4.79 Å². The first-order valence-corrected chi connectivity index (χ1v) is 7.59. The van der Waals surface area contributed by atoms with Gasteiger partial charge in [0, 0.05) is 16.4 Å². The molecule has 2 aromatic rings. The van der Waals surface area contributed by atoms with Crippen molar-refractivity contribution in [1.82, 2.24) is 10.3 Å². The molecule has 1 aromatic carbocycles. The Morgan fingerprint density at radius 3 is 2.64 bits per heavy atom. The average Bonchev–Trinajstić information content (AvgIpc) is 2.76. The van der Waals surface area contributed by atoms with Crippen LogP contribution in [-0.2, 0) is 4.74 Å². The van der Waals surface area contributed by atoms with Crippen molar-refractivity contribution in [2.75, 3.05) is 11.9 Å². The monoisotopic (exact) mass is 319 g/mol. The number of nitrogens with one attached hydrogen (secondary N) is 3. The van der Waals surface area contributed by atoms with Gasteiger partial charge in [0.25, 0.3) is 0 Å². The van der Waals surface area contributed by atoms with Crippen molar-refractivity contribution < 1.29 is 9.53 Å². The number of anilines is 1. The lowest BCUT2D eigenvalue weighted by Gasteiger charge is -2.23. The highest BCUT2D eigenvalue weighted by Gasteiger charge is 2.20. The van der Waals surface area contributed by atoms with E-state index in [1.807, 2.05) is 45.0 Å². The van der Waals surface area contributed by atoms with E-state index in [-0.39, 0.29) is 5.54 Å². The van der Waals surface area contributed by atoms with Crippen LogP contribution in [0.15, 0.2) is 24.3 Å². The lowest BCUT2D eigenvalue weighted by molar-refractivity contribution is 0.0522. The van der Waals surface area contributed by atoms with Crippen molar-refractivity contribution >= 4 is 39.9 Å². The second-order valence-corrected chi connectivity index (χ2v) is 6.38. The summed E-state index contributed by atoms with van der Waals surface area (Å²) in [6.45, 7) is 8.14. The minimum Gasteiger partial charge on any atom is -0.461 e. The fourth-order valence-corrected chi connectivity index (χ4v) is 2.52. The smallest absolute Gasteiger partial charge is 0.356 e. The second-order valence-electron chi connectivity index (χ2n) is 5.97. The van der Waals surface area contributed by atoms with Crippen LogP contribution >= 0.6 is 12.2 Å². The minimum absolute atomic E-state index is 0.166. The van der Waals surface area contributed by atoms with Crippen molar-refractivity contribution in [1.29, 1.82) is 0 Å². The van der Waals surface area contributed by atoms with Crippen LogP contribution in [0.25, 0.3) is 10.9 Å². The Balaban J connectivity index is 2.39. The summed E-state index contributed by atoms with van der Waals surface area (Å²) in [7, 11) is 0. The molecule has 118 valence electrons. The molecular formula is C16H21N3O2S. The van der Waals surface area contributed by atoms with E-state index in [0.717, 1.165) is 10.9 Å². The van der Waals surface area contributed by atoms with Gasteiger partial charge in [-0.15, -0.1) is 0 Å². The van der Waals surface area contributed by atoms with E-state index >= 15 is 0 Å². The minimum atomic E-state index is -0.403. The molecule has 6 heteroatoms. The van der Waals surface area contributed by atoms with E-state index in [1.165, 1.54) is 0 Å². The number of aromatic amines is 1. The number of fused-ring (bicyclic) bond motifs is 1. The molecule has 0 saturated carbocycles. The van der Waals surface area contributed by atoms with Crippen molar-refractivity contribution in [2.45, 2.75) is 33.2 Å². The van der Waals surface area contributed by atoms with Crippen LogP contribution in [0.3, 0.4) is 0 Å². The van der Waals surface area contributed by atoms with Gasteiger partial charge >= 0.3 is 5.97 Å². The number of para-hydroxylation sites is 1. The molecule has 0 spiro atoms. The lowest BCUT2D eigenvalue weighted by Crippen LogP contribution is -2.43. The first kappa shape index (κ1) is 16.3. The topological polar surface area (TPSA) is 66.2 Å². The summed E-state index contributed by atoms with van der Waals surface area (Å²) >= 11 is 5.34. The number of rotatable bonds is 3. The molecule has 1 aromatic heterocycles. The average molecular weight is 319 g/mol. The lowest BCUT2D eigenvalue weighted by atomic mass is 10.1. The number of hydrogen-bond acceptors (Lipinski definition) is 3. The van der Waals surface area contributed by atoms with E-state index in [2.05, 4.69) is 15.6 Å². The van der Waals surface area contributed by atoms with Gasteiger partial charge in [0.05, 0.1) is 12.3 Å². The first-order valence-electron chi connectivity index (χ1n) is 7.19. The first-order chi connectivity index (χ1) is 10.3. The Hall–Kier alpha value is -2.08. The predicted octanol–water partition coefficient (Wildman–Crippen LogP) is 3.43. The fourth-order valence-electron chi connectivity index (χ4n) is 2.11. The van der Waals surface area contributed by atoms with Crippen LogP contribution in [0.1, 0.15) is 38.2 Å². The van der Waals surface area contributed by atoms with Gasteiger partial charge in [0.15, 0.2) is 5.11 Å². The van der Waals surface area contributed by atoms with Crippen LogP contribution < -0.4 is 10.6 Å². The van der Waals surface area contributed by atoms with Gasteiger partial charge in [-0.1, -0.05) is 18.2 Å². The molecule has 0 fully saturated rings. The third-order valence-corrected chi connectivity index (χ3v) is 3.12. The van der Waals surface area contributed by atoms with Gasteiger partial charge in [-0.3, -0.25) is 0 Å². The normalized spacial score (nSPS) is 11.3. The molecule has 5 nitrogen and oxygen atoms in total. The number of ether oxygens (including phenoxy) is 1. The van der Waals surface area contributed by atoms with E-state index in [4.69, 9.17) is 17.0 Å². The third-order valence-electron chi connectivity index (χ3n) is 2.91. The molecule has 0 aliphatic heterocycles. The zero-order valence-corrected chi connectivity index (χ0v) is 14.1. The van der Waals surface area contributed by atoms with Gasteiger partial charge in [-0.05, 0) is 46.0 Å². The molecule has 0 atom stereocenters. The summed E-state index contributed by atoms with van der Waals surface area (Å²) in [5.74, 6) is -0.403. The van der Waals surface area contributed by atoms with Crippen molar-refractivity contribution in [2.24, 2.45) is 0 Å². The quantitative estimate of drug-likeness (QED) is 0.597. The van der Waals surface area contributed by atoms with Gasteiger partial charge in [-0.2, -0.15) is 0 Å². The number of aromatic nitrogens is 1. The van der Waals surface area contributed by atoms with E-state index in [9.17, 15) is 4.79 Å². The zero-order valence-electron chi connectivity index (χ0n) is 13.2. The Bertz CT molecular complexity index is 701. The number of carbonyl (C=O) groups is 1. The maximum atomic E-state index is 12.1. The standard InChI is InChI=1S/C16H21N3O2S/c1-5-21-14(20)13-12(18-15(22)19-16(2,3)4)10-8-6-7-9-11(10)17-13/h6-9,17H,5H2,1-4H3,(H2,18,19,22). The maximum Gasteiger partial charge on any atom is 0.356 e. The van der Waals surface area contributed by atoms with Gasteiger partial charge in [0.2, 0.25) is 0 Å². The van der Waals surface area contributed by atoms with Crippen LogP contribution in [0.2, 0.25) is 0 Å². The molecule has 1 heterocycles. The zero-order chi connectivity index (χ0) is 16.3. The van der Waals surface area contributed by atoms with E-state index in [1.54, 1.807) is 6.92 Å². The van der Waals surface area contributed by atoms with Crippen molar-refractivity contribution in [3.05, 3.63) is 30.0 Å². The summed E-state index contributed by atoms with van der Waals surface area (Å²) in [6, 6.07) is 7.65. The largest absolute Gasteiger partial charge is 0.461 e. The highest BCUT2D eigenvalue weighted by molar-refractivity contribution is 7.80. The number of hydrogen-bond donors (Lipinski definition) is 3. The maximum absolute atomic E-state index is 12.1. The molecule has 2 rings (SSSR count). The molecule has 0 radical (unpaired) electrons. The molecule has 0 aliphatic carbocycles. The highest BCUT2D eigenvalue weighted by Crippen LogP contribution is 2.28. The fraction of sp³-hybridized carbons (Fsp3) is 0.375. The van der Waals surface area contributed by atoms with Gasteiger partial charge in [0.1, 0.15) is 5.69 Å². The van der Waals surface area contributed by atoms with Gasteiger partial charge < -0.3 is 20.4 Å². The molecule has 0 unspecified atom stereocenters. The Labute approximate surface area is 135 Å². The Morgan fingerprint density at radius 1 is 1.32 bits per heavy atom. The molecule has 0 amide bonds. The van der Waals surface area contributed by atoms with E-state index < -0.39 is 5.97 Å². The number of thiocarbonyl (C=S) groups is 1. The van der Waals surface area contributed by atoms with Crippen LogP contribution in [0, 0.1) is 0 Å². The summed E-state index contributed by atoms with van der Waals surface area (Å²) in [6.07, 6.45) is 0. The Kier molecular flexibility index (Phi) is 4.71. The van der Waals surface area contributed by atoms with Crippen LogP contribution in [0.4, 0.5) is 5.69 Å². The van der Waals surface area contributed by atoms with Crippen molar-refractivity contribution in [3.8, 4) is 0 Å². The second kappa shape index (κ2) is 6.36. The predicted molar refractivity (Wildman–Crippen MR) is 93.4 cm³/mol. The molecule has 3 N–H and O–H groups in total. The highest BCUT2D eigenvalue weighted by atomic mass is 32.1. The third kappa shape index (κ3) is 3.76. The van der Waals surface area contributed by atoms with Crippen molar-refractivity contribution in [3.63, 3.8) is 0 Å². The van der Waals surface area contributed by atoms with Crippen LogP contribution in [-0.4, -0.2) is 28.2 Å². The number of H-pyrrole nitrogens is 1. The van der Waals surface area contributed by atoms with Crippen LogP contribution in [0.5, 0.6) is 0 Å². The molecular weight excluding hydrogens is 298 g/mol. The number of benzene rings is 1. The summed E-state index contributed by atoms with van der Waals surface area (Å²) < 4.78 is 5.11. The summed E-state index contributed by atoms with van der Waals surface area (Å²) in [4.78, 5) is 15.2. The molecule has 22 heavy (non-hydrogen) atoms. The summed E-state index contributed by atoms with van der Waals surface area (Å²) in [5.41, 5.74) is 1.70. The molecule has 0 bridgehead atoms.